The predicted octanol–water partition coefficient (Wildman–Crippen LogP) is 1.68. The van der Waals surface area contributed by atoms with E-state index in [0.717, 1.165) is 11.3 Å². The highest BCUT2D eigenvalue weighted by Gasteiger charge is 2.32. The number of fused-ring (bicyclic) bond motifs is 1. The van der Waals surface area contributed by atoms with Crippen molar-refractivity contribution in [3.05, 3.63) is 51.7 Å². The Kier molecular flexibility index (Phi) is 4.61. The third-order valence-corrected chi connectivity index (χ3v) is 7.50. The van der Waals surface area contributed by atoms with Crippen molar-refractivity contribution in [3.8, 4) is 0 Å². The topological polar surface area (TPSA) is 130 Å². The molecule has 12 heteroatoms. The van der Waals surface area contributed by atoms with Crippen LogP contribution in [0.15, 0.2) is 41.6 Å². The van der Waals surface area contributed by atoms with E-state index in [1.807, 2.05) is 0 Å². The van der Waals surface area contributed by atoms with Crippen LogP contribution in [0.1, 0.15) is 9.67 Å². The van der Waals surface area contributed by atoms with Gasteiger partial charge in [-0.15, -0.1) is 0 Å². The van der Waals surface area contributed by atoms with Crippen LogP contribution in [-0.2, 0) is 10.0 Å². The van der Waals surface area contributed by atoms with Crippen LogP contribution in [0.5, 0.6) is 0 Å². The molecule has 3 aromatic heterocycles. The van der Waals surface area contributed by atoms with Crippen molar-refractivity contribution in [2.24, 2.45) is 0 Å². The van der Waals surface area contributed by atoms with Gasteiger partial charge in [0.2, 0.25) is 10.0 Å². The Bertz CT molecular complexity index is 1160. The van der Waals surface area contributed by atoms with E-state index in [2.05, 4.69) is 9.97 Å². The first-order valence-electron chi connectivity index (χ1n) is 8.33. The van der Waals surface area contributed by atoms with Crippen molar-refractivity contribution in [2.45, 2.75) is 4.90 Å². The van der Waals surface area contributed by atoms with Crippen LogP contribution in [0.4, 0.5) is 5.00 Å². The number of carbonyl (C=O) groups excluding carboxylic acids is 1. The number of hydrogen-bond donors (Lipinski definition) is 1. The van der Waals surface area contributed by atoms with Crippen molar-refractivity contribution in [1.82, 2.24) is 19.2 Å². The van der Waals surface area contributed by atoms with Crippen LogP contribution in [0.2, 0.25) is 0 Å². The molecule has 3 aromatic rings. The molecule has 0 unspecified atom stereocenters. The summed E-state index contributed by atoms with van der Waals surface area (Å²) >= 11 is 0.815. The first kappa shape index (κ1) is 18.5. The van der Waals surface area contributed by atoms with Gasteiger partial charge >= 0.3 is 5.00 Å². The van der Waals surface area contributed by atoms with Gasteiger partial charge in [0.25, 0.3) is 5.91 Å². The molecule has 0 atom stereocenters. The lowest BCUT2D eigenvalue weighted by molar-refractivity contribution is -0.380. The molecule has 1 N–H and O–H groups in total. The quantitative estimate of drug-likeness (QED) is 0.504. The van der Waals surface area contributed by atoms with Crippen molar-refractivity contribution in [3.63, 3.8) is 0 Å². The molecule has 4 heterocycles. The monoisotopic (exact) mass is 421 g/mol. The Balaban J connectivity index is 1.49. The number of nitrogens with one attached hydrogen (secondary N) is 1. The SMILES string of the molecule is O=C(c1ccc([N+](=O)[O-])s1)N1CCN(S(=O)(=O)c2c[nH]c3ncccc23)CC1. The maximum absolute atomic E-state index is 13.0. The Labute approximate surface area is 163 Å². The van der Waals surface area contributed by atoms with Gasteiger partial charge in [-0.05, 0) is 18.2 Å². The summed E-state index contributed by atoms with van der Waals surface area (Å²) in [6.45, 7) is 0.720. The lowest BCUT2D eigenvalue weighted by Gasteiger charge is -2.33. The van der Waals surface area contributed by atoms with Gasteiger partial charge in [-0.25, -0.2) is 13.4 Å². The van der Waals surface area contributed by atoms with E-state index in [1.54, 1.807) is 18.3 Å². The second-order valence-corrected chi connectivity index (χ2v) is 9.11. The minimum absolute atomic E-state index is 0.0995. The number of H-pyrrole nitrogens is 1. The molecule has 4 rings (SSSR count). The van der Waals surface area contributed by atoms with Crippen molar-refractivity contribution in [1.29, 1.82) is 0 Å². The number of sulfonamides is 1. The largest absolute Gasteiger partial charge is 0.345 e. The summed E-state index contributed by atoms with van der Waals surface area (Å²) < 4.78 is 27.3. The Morgan fingerprint density at radius 3 is 2.64 bits per heavy atom. The highest BCUT2D eigenvalue weighted by atomic mass is 32.2. The Morgan fingerprint density at radius 1 is 1.21 bits per heavy atom. The maximum atomic E-state index is 13.0. The number of pyridine rings is 1. The first-order valence-corrected chi connectivity index (χ1v) is 10.6. The molecule has 0 aliphatic carbocycles. The predicted molar refractivity (Wildman–Crippen MR) is 102 cm³/mol. The van der Waals surface area contributed by atoms with E-state index in [9.17, 15) is 23.3 Å². The molecular weight excluding hydrogens is 406 g/mol. The Morgan fingerprint density at radius 2 is 1.96 bits per heavy atom. The zero-order valence-corrected chi connectivity index (χ0v) is 16.1. The number of nitrogens with zero attached hydrogens (tertiary/aromatic N) is 4. The third kappa shape index (κ3) is 3.15. The number of hydrogen-bond acceptors (Lipinski definition) is 7. The summed E-state index contributed by atoms with van der Waals surface area (Å²) in [5.41, 5.74) is 0.495. The van der Waals surface area contributed by atoms with E-state index < -0.39 is 14.9 Å². The van der Waals surface area contributed by atoms with Crippen LogP contribution in [0.3, 0.4) is 0 Å². The number of amides is 1. The number of aromatic nitrogens is 2. The molecule has 0 aromatic carbocycles. The van der Waals surface area contributed by atoms with Crippen molar-refractivity contribution in [2.75, 3.05) is 26.2 Å². The fourth-order valence-corrected chi connectivity index (χ4v) is 5.47. The van der Waals surface area contributed by atoms with Crippen molar-refractivity contribution >= 4 is 43.3 Å². The zero-order chi connectivity index (χ0) is 19.9. The fourth-order valence-electron chi connectivity index (χ4n) is 3.11. The number of carbonyl (C=O) groups is 1. The van der Waals surface area contributed by atoms with Gasteiger partial charge in [0.05, 0.1) is 9.80 Å². The highest BCUT2D eigenvalue weighted by molar-refractivity contribution is 7.89. The van der Waals surface area contributed by atoms with E-state index in [0.29, 0.717) is 11.0 Å². The van der Waals surface area contributed by atoms with Crippen LogP contribution in [-0.4, -0.2) is 64.6 Å². The minimum atomic E-state index is -3.73. The molecule has 0 spiro atoms. The molecule has 1 aliphatic rings. The molecule has 1 fully saturated rings. The Hall–Kier alpha value is -2.83. The van der Waals surface area contributed by atoms with Gasteiger partial charge in [0.1, 0.15) is 10.5 Å². The summed E-state index contributed by atoms with van der Waals surface area (Å²) in [4.78, 5) is 31.7. The van der Waals surface area contributed by atoms with Gasteiger partial charge in [-0.2, -0.15) is 4.31 Å². The summed E-state index contributed by atoms with van der Waals surface area (Å²) in [5.74, 6) is -0.327. The number of thiophene rings is 1. The molecule has 0 radical (unpaired) electrons. The summed E-state index contributed by atoms with van der Waals surface area (Å²) in [7, 11) is -3.73. The molecule has 1 aliphatic heterocycles. The normalized spacial score (nSPS) is 15.8. The van der Waals surface area contributed by atoms with Gasteiger partial charge in [0.15, 0.2) is 0 Å². The van der Waals surface area contributed by atoms with E-state index in [-0.39, 0.29) is 46.9 Å². The molecule has 0 saturated carbocycles. The fraction of sp³-hybridized carbons (Fsp3) is 0.250. The van der Waals surface area contributed by atoms with Gasteiger partial charge < -0.3 is 9.88 Å². The molecule has 0 bridgehead atoms. The molecular formula is C16H15N5O5S2. The van der Waals surface area contributed by atoms with Gasteiger partial charge in [0, 0.05) is 50.0 Å². The average Bonchev–Trinajstić information content (AvgIpc) is 3.35. The lowest BCUT2D eigenvalue weighted by Crippen LogP contribution is -2.50. The van der Waals surface area contributed by atoms with Crippen LogP contribution >= 0.6 is 11.3 Å². The smallest absolute Gasteiger partial charge is 0.324 e. The van der Waals surface area contributed by atoms with Crippen LogP contribution < -0.4 is 0 Å². The molecule has 1 amide bonds. The minimum Gasteiger partial charge on any atom is -0.345 e. The van der Waals surface area contributed by atoms with Crippen LogP contribution in [0, 0.1) is 10.1 Å². The summed E-state index contributed by atoms with van der Waals surface area (Å²) in [5, 5.41) is 11.2. The molecule has 1 saturated heterocycles. The lowest BCUT2D eigenvalue weighted by atomic mass is 10.3. The number of piperazine rings is 1. The zero-order valence-electron chi connectivity index (χ0n) is 14.4. The molecule has 28 heavy (non-hydrogen) atoms. The average molecular weight is 421 g/mol. The highest BCUT2D eigenvalue weighted by Crippen LogP contribution is 2.27. The maximum Gasteiger partial charge on any atom is 0.324 e. The summed E-state index contributed by atoms with van der Waals surface area (Å²) in [6.07, 6.45) is 3.00. The van der Waals surface area contributed by atoms with Crippen LogP contribution in [0.25, 0.3) is 11.0 Å². The second kappa shape index (κ2) is 6.96. The van der Waals surface area contributed by atoms with E-state index in [4.69, 9.17) is 0 Å². The molecule has 146 valence electrons. The van der Waals surface area contributed by atoms with Gasteiger partial charge in [-0.1, -0.05) is 11.3 Å². The van der Waals surface area contributed by atoms with Crippen molar-refractivity contribution < 1.29 is 18.1 Å². The molecule has 10 nitrogen and oxygen atoms in total. The second-order valence-electron chi connectivity index (χ2n) is 6.14. The number of nitro groups is 1. The standard InChI is InChI=1S/C16H15N5O5S2/c22-16(12-3-4-14(27-12)21(23)24)19-6-8-20(9-7-19)28(25,26)13-10-18-15-11(13)2-1-5-17-15/h1-5,10H,6-9H2,(H,17,18). The summed E-state index contributed by atoms with van der Waals surface area (Å²) in [6, 6.07) is 6.08. The number of aromatic amines is 1. The number of rotatable bonds is 4. The van der Waals surface area contributed by atoms with E-state index in [1.165, 1.54) is 27.5 Å². The van der Waals surface area contributed by atoms with Gasteiger partial charge in [-0.3, -0.25) is 14.9 Å². The van der Waals surface area contributed by atoms with E-state index >= 15 is 0 Å². The first-order chi connectivity index (χ1) is 13.4. The third-order valence-electron chi connectivity index (χ3n) is 4.54.